The summed E-state index contributed by atoms with van der Waals surface area (Å²) >= 11 is 0. The number of hydrogen-bond acceptors (Lipinski definition) is 3. The van der Waals surface area contributed by atoms with Crippen LogP contribution in [-0.2, 0) is 16.6 Å². The minimum absolute atomic E-state index is 0.273. The molecule has 1 atom stereocenters. The number of nitrogens with one attached hydrogen (secondary N) is 2. The van der Waals surface area contributed by atoms with Gasteiger partial charge in [0.15, 0.2) is 0 Å². The molecule has 0 aromatic heterocycles. The van der Waals surface area contributed by atoms with Crippen LogP contribution in [0.4, 0.5) is 0 Å². The van der Waals surface area contributed by atoms with Gasteiger partial charge >= 0.3 is 0 Å². The molecule has 19 heavy (non-hydrogen) atoms. The van der Waals surface area contributed by atoms with Crippen molar-refractivity contribution < 1.29 is 8.42 Å². The molecule has 0 saturated carbocycles. The first-order valence-electron chi connectivity index (χ1n) is 6.32. The van der Waals surface area contributed by atoms with Crippen LogP contribution in [0.25, 0.3) is 0 Å². The Bertz CT molecular complexity index is 507. The first-order chi connectivity index (χ1) is 8.85. The third-order valence-electron chi connectivity index (χ3n) is 2.64. The quantitative estimate of drug-likeness (QED) is 0.752. The molecule has 0 aliphatic carbocycles. The molecule has 1 aromatic rings. The molecule has 0 fully saturated rings. The topological polar surface area (TPSA) is 58.2 Å². The number of sulfonamides is 1. The number of hydrogen-bond donors (Lipinski definition) is 2. The molecule has 0 aliphatic rings. The molecule has 0 radical (unpaired) electrons. The summed E-state index contributed by atoms with van der Waals surface area (Å²) in [6.45, 7) is 10.2. The molecule has 1 rings (SSSR count). The Balaban J connectivity index is 2.78. The normalized spacial score (nSPS) is 13.5. The summed E-state index contributed by atoms with van der Waals surface area (Å²) in [4.78, 5) is 0.273. The van der Waals surface area contributed by atoms with Gasteiger partial charge < -0.3 is 5.32 Å². The Hall–Kier alpha value is -1.17. The van der Waals surface area contributed by atoms with Crippen LogP contribution in [-0.4, -0.2) is 20.5 Å². The molecular formula is C14H22N2O2S. The summed E-state index contributed by atoms with van der Waals surface area (Å²) in [5.41, 5.74) is 1.06. The Kier molecular flexibility index (Phi) is 5.72. The van der Waals surface area contributed by atoms with Gasteiger partial charge in [0.1, 0.15) is 0 Å². The average molecular weight is 282 g/mol. The van der Waals surface area contributed by atoms with Crippen molar-refractivity contribution in [2.45, 2.75) is 44.3 Å². The summed E-state index contributed by atoms with van der Waals surface area (Å²) < 4.78 is 26.5. The van der Waals surface area contributed by atoms with Crippen molar-refractivity contribution in [1.82, 2.24) is 10.0 Å². The zero-order chi connectivity index (χ0) is 14.5. The second-order valence-electron chi connectivity index (χ2n) is 4.83. The molecule has 0 saturated heterocycles. The van der Waals surface area contributed by atoms with E-state index in [1.54, 1.807) is 25.1 Å². The van der Waals surface area contributed by atoms with E-state index in [1.165, 1.54) is 0 Å². The van der Waals surface area contributed by atoms with Gasteiger partial charge in [0, 0.05) is 18.6 Å². The molecule has 4 nitrogen and oxygen atoms in total. The number of rotatable bonds is 7. The highest BCUT2D eigenvalue weighted by atomic mass is 32.2. The molecule has 1 unspecified atom stereocenters. The van der Waals surface area contributed by atoms with Crippen molar-refractivity contribution in [2.24, 2.45) is 0 Å². The van der Waals surface area contributed by atoms with Gasteiger partial charge in [-0.15, -0.1) is 6.58 Å². The fourth-order valence-electron chi connectivity index (χ4n) is 1.47. The lowest BCUT2D eigenvalue weighted by Crippen LogP contribution is -2.31. The third-order valence-corrected chi connectivity index (χ3v) is 4.22. The highest BCUT2D eigenvalue weighted by Gasteiger charge is 2.15. The maximum absolute atomic E-state index is 12.0. The summed E-state index contributed by atoms with van der Waals surface area (Å²) in [6, 6.07) is 7.00. The van der Waals surface area contributed by atoms with Gasteiger partial charge in [0.25, 0.3) is 0 Å². The van der Waals surface area contributed by atoms with Crippen molar-refractivity contribution in [3.05, 3.63) is 42.5 Å². The predicted octanol–water partition coefficient (Wildman–Crippen LogP) is 2.04. The Labute approximate surface area is 116 Å². The van der Waals surface area contributed by atoms with Gasteiger partial charge in [-0.25, -0.2) is 13.1 Å². The lowest BCUT2D eigenvalue weighted by molar-refractivity contribution is 0.575. The van der Waals surface area contributed by atoms with Gasteiger partial charge in [-0.1, -0.05) is 32.1 Å². The summed E-state index contributed by atoms with van der Waals surface area (Å²) in [5.74, 6) is 0. The molecule has 1 aromatic carbocycles. The molecule has 2 N–H and O–H groups in total. The zero-order valence-corrected chi connectivity index (χ0v) is 12.5. The van der Waals surface area contributed by atoms with E-state index in [2.05, 4.69) is 30.5 Å². The summed E-state index contributed by atoms with van der Waals surface area (Å²) in [5, 5.41) is 3.28. The van der Waals surface area contributed by atoms with Crippen molar-refractivity contribution >= 4 is 10.0 Å². The van der Waals surface area contributed by atoms with E-state index in [4.69, 9.17) is 0 Å². The van der Waals surface area contributed by atoms with Gasteiger partial charge in [-0.2, -0.15) is 0 Å². The third kappa shape index (κ3) is 5.14. The summed E-state index contributed by atoms with van der Waals surface area (Å²) in [6.07, 6.45) is 1.55. The molecule has 5 heteroatoms. The van der Waals surface area contributed by atoms with E-state index in [9.17, 15) is 8.42 Å². The largest absolute Gasteiger partial charge is 0.310 e. The molecule has 0 spiro atoms. The first kappa shape index (κ1) is 15.9. The molecule has 0 aliphatic heterocycles. The Morgan fingerprint density at radius 3 is 2.26 bits per heavy atom. The minimum Gasteiger partial charge on any atom is -0.310 e. The van der Waals surface area contributed by atoms with Gasteiger partial charge in [-0.3, -0.25) is 0 Å². The van der Waals surface area contributed by atoms with Crippen LogP contribution < -0.4 is 10.0 Å². The van der Waals surface area contributed by atoms with Crippen molar-refractivity contribution in [1.29, 1.82) is 0 Å². The lowest BCUT2D eigenvalue weighted by Gasteiger charge is -2.11. The van der Waals surface area contributed by atoms with Gasteiger partial charge in [0.2, 0.25) is 10.0 Å². The molecule has 0 amide bonds. The zero-order valence-electron chi connectivity index (χ0n) is 11.7. The fourth-order valence-corrected chi connectivity index (χ4v) is 2.69. The van der Waals surface area contributed by atoms with Crippen LogP contribution in [0.15, 0.2) is 41.8 Å². The fraction of sp³-hybridized carbons (Fsp3) is 0.429. The second kappa shape index (κ2) is 6.84. The molecule has 106 valence electrons. The van der Waals surface area contributed by atoms with E-state index in [-0.39, 0.29) is 10.9 Å². The van der Waals surface area contributed by atoms with Gasteiger partial charge in [-0.05, 0) is 24.6 Å². The average Bonchev–Trinajstić information content (AvgIpc) is 2.36. The Morgan fingerprint density at radius 2 is 1.79 bits per heavy atom. The maximum Gasteiger partial charge on any atom is 0.241 e. The monoisotopic (exact) mass is 282 g/mol. The van der Waals surface area contributed by atoms with Crippen LogP contribution >= 0.6 is 0 Å². The molecule has 0 heterocycles. The van der Waals surface area contributed by atoms with Crippen LogP contribution in [0.1, 0.15) is 26.3 Å². The Morgan fingerprint density at radius 1 is 1.21 bits per heavy atom. The highest BCUT2D eigenvalue weighted by molar-refractivity contribution is 7.89. The number of benzene rings is 1. The van der Waals surface area contributed by atoms with E-state index < -0.39 is 10.0 Å². The van der Waals surface area contributed by atoms with Crippen LogP contribution in [0.2, 0.25) is 0 Å². The maximum atomic E-state index is 12.0. The van der Waals surface area contributed by atoms with E-state index in [1.807, 2.05) is 12.1 Å². The minimum atomic E-state index is -3.46. The smallest absolute Gasteiger partial charge is 0.241 e. The molecule has 0 bridgehead atoms. The van der Waals surface area contributed by atoms with E-state index in [0.29, 0.717) is 6.04 Å². The summed E-state index contributed by atoms with van der Waals surface area (Å²) in [7, 11) is -3.46. The standard InChI is InChI=1S/C14H22N2O2S/c1-5-12(4)16-19(17,18)14-8-6-13(7-9-14)10-15-11(2)3/h5-9,11-12,15-16H,1,10H2,2-4H3. The lowest BCUT2D eigenvalue weighted by atomic mass is 10.2. The van der Waals surface area contributed by atoms with Crippen molar-refractivity contribution in [2.75, 3.05) is 0 Å². The van der Waals surface area contributed by atoms with E-state index in [0.717, 1.165) is 12.1 Å². The SMILES string of the molecule is C=CC(C)NS(=O)(=O)c1ccc(CNC(C)C)cc1. The van der Waals surface area contributed by atoms with Crippen LogP contribution in [0.5, 0.6) is 0 Å². The first-order valence-corrected chi connectivity index (χ1v) is 7.80. The second-order valence-corrected chi connectivity index (χ2v) is 6.54. The van der Waals surface area contributed by atoms with Crippen LogP contribution in [0.3, 0.4) is 0 Å². The van der Waals surface area contributed by atoms with E-state index >= 15 is 0 Å². The van der Waals surface area contributed by atoms with Crippen LogP contribution in [0, 0.1) is 0 Å². The predicted molar refractivity (Wildman–Crippen MR) is 78.4 cm³/mol. The van der Waals surface area contributed by atoms with Gasteiger partial charge in [0.05, 0.1) is 4.90 Å². The van der Waals surface area contributed by atoms with Crippen molar-refractivity contribution in [3.8, 4) is 0 Å². The molecular weight excluding hydrogens is 260 g/mol. The van der Waals surface area contributed by atoms with Crippen molar-refractivity contribution in [3.63, 3.8) is 0 Å². The highest BCUT2D eigenvalue weighted by Crippen LogP contribution is 2.11.